The first-order valence-corrected chi connectivity index (χ1v) is 7.14. The van der Waals surface area contributed by atoms with E-state index in [0.29, 0.717) is 4.88 Å². The van der Waals surface area contributed by atoms with Crippen LogP contribution in [0.5, 0.6) is 5.88 Å². The summed E-state index contributed by atoms with van der Waals surface area (Å²) in [6.45, 7) is 2.22. The smallest absolute Gasteiger partial charge is 0.307 e. The molecule has 0 spiro atoms. The summed E-state index contributed by atoms with van der Waals surface area (Å²) in [5.41, 5.74) is 0. The van der Waals surface area contributed by atoms with Crippen LogP contribution in [0.1, 0.15) is 56.7 Å². The molecule has 0 aliphatic heterocycles. The van der Waals surface area contributed by atoms with Crippen molar-refractivity contribution in [2.75, 3.05) is 0 Å². The second kappa shape index (κ2) is 8.12. The average molecular weight is 255 g/mol. The van der Waals surface area contributed by atoms with Crippen molar-refractivity contribution < 1.29 is 5.11 Å². The number of thiazole rings is 1. The van der Waals surface area contributed by atoms with Crippen LogP contribution in [0.15, 0.2) is 10.9 Å². The molecule has 0 saturated carbocycles. The van der Waals surface area contributed by atoms with Gasteiger partial charge in [0.15, 0.2) is 0 Å². The Balaban J connectivity index is 2.14. The van der Waals surface area contributed by atoms with Gasteiger partial charge in [-0.1, -0.05) is 56.4 Å². The van der Waals surface area contributed by atoms with Crippen molar-refractivity contribution in [1.29, 1.82) is 0 Å². The Bertz CT molecular complexity index is 392. The quantitative estimate of drug-likeness (QED) is 0.692. The minimum atomic E-state index is -0.207. The van der Waals surface area contributed by atoms with E-state index in [1.165, 1.54) is 38.5 Å². The third-order valence-electron chi connectivity index (χ3n) is 2.65. The molecule has 1 heterocycles. The maximum absolute atomic E-state index is 10.9. The molecule has 0 saturated heterocycles. The van der Waals surface area contributed by atoms with Gasteiger partial charge in [0.2, 0.25) is 5.88 Å². The summed E-state index contributed by atoms with van der Waals surface area (Å²) in [5, 5.41) is 9.33. The van der Waals surface area contributed by atoms with Crippen LogP contribution in [0.4, 0.5) is 0 Å². The fourth-order valence-electron chi connectivity index (χ4n) is 1.68. The van der Waals surface area contributed by atoms with Crippen LogP contribution >= 0.6 is 11.3 Å². The maximum Gasteiger partial charge on any atom is 0.307 e. The van der Waals surface area contributed by atoms with Crippen molar-refractivity contribution in [3.8, 4) is 5.88 Å². The summed E-state index contributed by atoms with van der Waals surface area (Å²) in [7, 11) is 0. The van der Waals surface area contributed by atoms with E-state index in [-0.39, 0.29) is 10.8 Å². The zero-order valence-electron chi connectivity index (χ0n) is 10.4. The largest absolute Gasteiger partial charge is 0.493 e. The van der Waals surface area contributed by atoms with E-state index < -0.39 is 0 Å². The Morgan fingerprint density at radius 2 is 1.94 bits per heavy atom. The van der Waals surface area contributed by atoms with E-state index >= 15 is 0 Å². The van der Waals surface area contributed by atoms with Gasteiger partial charge in [0.25, 0.3) is 0 Å². The molecule has 3 nitrogen and oxygen atoms in total. The van der Waals surface area contributed by atoms with Crippen LogP contribution < -0.4 is 4.87 Å². The lowest BCUT2D eigenvalue weighted by molar-refractivity contribution is 0.455. The van der Waals surface area contributed by atoms with Gasteiger partial charge in [-0.15, -0.1) is 0 Å². The van der Waals surface area contributed by atoms with Gasteiger partial charge in [-0.3, -0.25) is 9.78 Å². The van der Waals surface area contributed by atoms with E-state index in [9.17, 15) is 9.90 Å². The maximum atomic E-state index is 10.9. The average Bonchev–Trinajstić information content (AvgIpc) is 2.61. The SMILES string of the molecule is CCCCCCCCC=Cc1sc(=O)[nH]c1O. The van der Waals surface area contributed by atoms with Crippen molar-refractivity contribution >= 4 is 17.4 Å². The van der Waals surface area contributed by atoms with Crippen molar-refractivity contribution in [2.45, 2.75) is 51.9 Å². The minimum absolute atomic E-state index is 0.0146. The Morgan fingerprint density at radius 1 is 1.24 bits per heavy atom. The van der Waals surface area contributed by atoms with Gasteiger partial charge in [-0.05, 0) is 18.9 Å². The normalized spacial score (nSPS) is 11.4. The number of nitrogens with one attached hydrogen (secondary N) is 1. The van der Waals surface area contributed by atoms with Gasteiger partial charge >= 0.3 is 4.87 Å². The topological polar surface area (TPSA) is 53.1 Å². The van der Waals surface area contributed by atoms with Crippen molar-refractivity contribution in [3.63, 3.8) is 0 Å². The van der Waals surface area contributed by atoms with E-state index in [1.54, 1.807) is 0 Å². The van der Waals surface area contributed by atoms with E-state index in [0.717, 1.165) is 17.8 Å². The van der Waals surface area contributed by atoms with Gasteiger partial charge < -0.3 is 5.11 Å². The molecule has 0 aromatic carbocycles. The summed E-state index contributed by atoms with van der Waals surface area (Å²) in [5.74, 6) is -0.0146. The molecular formula is C13H21NO2S. The molecule has 1 aromatic heterocycles. The summed E-state index contributed by atoms with van der Waals surface area (Å²) in [6, 6.07) is 0. The number of aromatic amines is 1. The van der Waals surface area contributed by atoms with Crippen molar-refractivity contribution in [1.82, 2.24) is 4.98 Å². The molecule has 0 fully saturated rings. The number of rotatable bonds is 8. The molecule has 0 unspecified atom stereocenters. The Labute approximate surface area is 106 Å². The lowest BCUT2D eigenvalue weighted by Crippen LogP contribution is -1.89. The molecule has 0 aliphatic rings. The number of H-pyrrole nitrogens is 1. The van der Waals surface area contributed by atoms with E-state index in [2.05, 4.69) is 11.9 Å². The lowest BCUT2D eigenvalue weighted by Gasteiger charge is -1.97. The van der Waals surface area contributed by atoms with E-state index in [1.807, 2.05) is 12.2 Å². The van der Waals surface area contributed by atoms with Crippen LogP contribution in [-0.4, -0.2) is 10.1 Å². The summed E-state index contributed by atoms with van der Waals surface area (Å²) in [4.78, 5) is 13.7. The molecule has 1 rings (SSSR count). The lowest BCUT2D eigenvalue weighted by atomic mass is 10.1. The number of unbranched alkanes of at least 4 members (excludes halogenated alkanes) is 6. The van der Waals surface area contributed by atoms with Crippen molar-refractivity contribution in [3.05, 3.63) is 20.6 Å². The van der Waals surface area contributed by atoms with Gasteiger partial charge in [0.1, 0.15) is 0 Å². The first kappa shape index (κ1) is 14.0. The first-order valence-electron chi connectivity index (χ1n) is 6.32. The monoisotopic (exact) mass is 255 g/mol. The van der Waals surface area contributed by atoms with Gasteiger partial charge in [0.05, 0.1) is 4.88 Å². The van der Waals surface area contributed by atoms with Crippen molar-refractivity contribution in [2.24, 2.45) is 0 Å². The molecule has 1 aromatic rings. The van der Waals surface area contributed by atoms with E-state index in [4.69, 9.17) is 0 Å². The first-order chi connectivity index (χ1) is 8.24. The molecule has 0 radical (unpaired) electrons. The van der Waals surface area contributed by atoms with Gasteiger partial charge in [-0.25, -0.2) is 0 Å². The third-order valence-corrected chi connectivity index (χ3v) is 3.49. The van der Waals surface area contributed by atoms with Crippen LogP contribution in [-0.2, 0) is 0 Å². The summed E-state index contributed by atoms with van der Waals surface area (Å²) in [6.07, 6.45) is 12.6. The zero-order valence-corrected chi connectivity index (χ0v) is 11.2. The fourth-order valence-corrected chi connectivity index (χ4v) is 2.34. The molecule has 17 heavy (non-hydrogen) atoms. The second-order valence-electron chi connectivity index (χ2n) is 4.19. The zero-order chi connectivity index (χ0) is 12.5. The summed E-state index contributed by atoms with van der Waals surface area (Å²) >= 11 is 1.04. The highest BCUT2D eigenvalue weighted by Crippen LogP contribution is 2.18. The highest BCUT2D eigenvalue weighted by molar-refractivity contribution is 7.10. The molecule has 0 aliphatic carbocycles. The van der Waals surface area contributed by atoms with Crippen LogP contribution in [0, 0.1) is 0 Å². The molecule has 2 N–H and O–H groups in total. The Morgan fingerprint density at radius 3 is 2.59 bits per heavy atom. The number of hydrogen-bond donors (Lipinski definition) is 2. The Kier molecular flexibility index (Phi) is 6.70. The fraction of sp³-hybridized carbons (Fsp3) is 0.615. The predicted octanol–water partition coefficient (Wildman–Crippen LogP) is 3.91. The number of hydrogen-bond acceptors (Lipinski definition) is 3. The minimum Gasteiger partial charge on any atom is -0.493 e. The molecule has 0 amide bonds. The molecule has 4 heteroatoms. The molecule has 96 valence electrons. The van der Waals surface area contributed by atoms with Gasteiger partial charge in [-0.2, -0.15) is 0 Å². The highest BCUT2D eigenvalue weighted by atomic mass is 32.1. The third kappa shape index (κ3) is 5.73. The van der Waals surface area contributed by atoms with Crippen LogP contribution in [0.25, 0.3) is 6.08 Å². The Hall–Kier alpha value is -1.03. The second-order valence-corrected chi connectivity index (χ2v) is 5.20. The summed E-state index contributed by atoms with van der Waals surface area (Å²) < 4.78 is 0. The number of aromatic hydroxyl groups is 1. The van der Waals surface area contributed by atoms with Crippen LogP contribution in [0.3, 0.4) is 0 Å². The molecule has 0 bridgehead atoms. The molecule has 0 atom stereocenters. The molecular weight excluding hydrogens is 234 g/mol. The highest BCUT2D eigenvalue weighted by Gasteiger charge is 2.01. The standard InChI is InChI=1S/C13H21NO2S/c1-2-3-4-5-6-7-8-9-10-11-12(15)14-13(16)17-11/h9-10,15H,2-8H2,1H3,(H,14,16). The number of allylic oxidation sites excluding steroid dienone is 1. The van der Waals surface area contributed by atoms with Crippen LogP contribution in [0.2, 0.25) is 0 Å². The van der Waals surface area contributed by atoms with Gasteiger partial charge in [0, 0.05) is 0 Å². The predicted molar refractivity (Wildman–Crippen MR) is 73.6 cm³/mol. The number of aromatic nitrogens is 1.